The number of alkyl carbamates (subject to hydrolysis) is 1. The quantitative estimate of drug-likeness (QED) is 0.809. The first-order chi connectivity index (χ1) is 11.3. The van der Waals surface area contributed by atoms with Crippen LogP contribution in [0.1, 0.15) is 39.2 Å². The van der Waals surface area contributed by atoms with Crippen LogP contribution in [-0.4, -0.2) is 42.8 Å². The van der Waals surface area contributed by atoms with E-state index in [4.69, 9.17) is 4.74 Å². The minimum atomic E-state index is -0.430. The van der Waals surface area contributed by atoms with E-state index in [1.807, 2.05) is 20.8 Å². The molecule has 1 aromatic carbocycles. The van der Waals surface area contributed by atoms with Crippen molar-refractivity contribution >= 4 is 22.0 Å². The number of amides is 1. The number of ether oxygens (including phenoxy) is 1. The van der Waals surface area contributed by atoms with Crippen LogP contribution in [0.3, 0.4) is 0 Å². The lowest BCUT2D eigenvalue weighted by Crippen LogP contribution is -2.40. The van der Waals surface area contributed by atoms with E-state index in [-0.39, 0.29) is 6.09 Å². The molecule has 1 saturated heterocycles. The maximum Gasteiger partial charge on any atom is 0.407 e. The second kappa shape index (κ2) is 8.86. The number of halogens is 1. The average Bonchev–Trinajstić information content (AvgIpc) is 2.52. The number of hydrogen-bond acceptors (Lipinski definition) is 3. The highest BCUT2D eigenvalue weighted by Crippen LogP contribution is 2.18. The highest BCUT2D eigenvalue weighted by atomic mass is 79.9. The summed E-state index contributed by atoms with van der Waals surface area (Å²) in [6.07, 6.45) is 3.06. The fourth-order valence-electron chi connectivity index (χ4n) is 2.89. The van der Waals surface area contributed by atoms with E-state index in [9.17, 15) is 4.79 Å². The van der Waals surface area contributed by atoms with Gasteiger partial charge in [0.05, 0.1) is 0 Å². The number of nitrogens with one attached hydrogen (secondary N) is 1. The molecule has 1 amide bonds. The Balaban J connectivity index is 1.62. The molecule has 1 aromatic rings. The molecule has 0 aliphatic carbocycles. The molecule has 0 atom stereocenters. The van der Waals surface area contributed by atoms with Gasteiger partial charge in [0.2, 0.25) is 0 Å². The molecule has 1 fully saturated rings. The summed E-state index contributed by atoms with van der Waals surface area (Å²) in [7, 11) is 0. The Kier molecular flexibility index (Phi) is 7.11. The topological polar surface area (TPSA) is 41.6 Å². The second-order valence-electron chi connectivity index (χ2n) is 7.54. The van der Waals surface area contributed by atoms with Gasteiger partial charge in [-0.05, 0) is 76.7 Å². The first kappa shape index (κ1) is 19.3. The van der Waals surface area contributed by atoms with E-state index < -0.39 is 5.60 Å². The Labute approximate surface area is 154 Å². The second-order valence-corrected chi connectivity index (χ2v) is 8.46. The van der Waals surface area contributed by atoms with Crippen LogP contribution in [0.2, 0.25) is 0 Å². The molecule has 0 unspecified atom stereocenters. The molecule has 24 heavy (non-hydrogen) atoms. The standard InChI is InChI=1S/C19H29BrN2O2/c1-19(2,3)24-18(23)21-14-16-9-12-22(13-10-16)11-8-15-4-6-17(20)7-5-15/h4-7,16H,8-14H2,1-3H3,(H,21,23). The molecule has 1 heterocycles. The summed E-state index contributed by atoms with van der Waals surface area (Å²) in [4.78, 5) is 14.2. The van der Waals surface area contributed by atoms with Crippen molar-refractivity contribution in [3.8, 4) is 0 Å². The van der Waals surface area contributed by atoms with Gasteiger partial charge in [-0.25, -0.2) is 4.79 Å². The summed E-state index contributed by atoms with van der Waals surface area (Å²) < 4.78 is 6.41. The van der Waals surface area contributed by atoms with Crippen LogP contribution in [0.15, 0.2) is 28.7 Å². The molecule has 134 valence electrons. The van der Waals surface area contributed by atoms with Gasteiger partial charge >= 0.3 is 6.09 Å². The van der Waals surface area contributed by atoms with Gasteiger partial charge in [-0.15, -0.1) is 0 Å². The summed E-state index contributed by atoms with van der Waals surface area (Å²) >= 11 is 3.47. The van der Waals surface area contributed by atoms with Crippen LogP contribution >= 0.6 is 15.9 Å². The third-order valence-electron chi connectivity index (χ3n) is 4.27. The monoisotopic (exact) mass is 396 g/mol. The van der Waals surface area contributed by atoms with E-state index in [0.29, 0.717) is 5.92 Å². The van der Waals surface area contributed by atoms with E-state index in [2.05, 4.69) is 50.4 Å². The summed E-state index contributed by atoms with van der Waals surface area (Å²) in [6, 6.07) is 8.57. The molecule has 5 heteroatoms. The molecule has 0 bridgehead atoms. The van der Waals surface area contributed by atoms with Crippen molar-refractivity contribution in [2.24, 2.45) is 5.92 Å². The first-order valence-corrected chi connectivity index (χ1v) is 9.55. The van der Waals surface area contributed by atoms with Gasteiger partial charge in [0.15, 0.2) is 0 Å². The molecule has 0 spiro atoms. The number of carbonyl (C=O) groups excluding carboxylic acids is 1. The van der Waals surface area contributed by atoms with Crippen molar-refractivity contribution < 1.29 is 9.53 Å². The van der Waals surface area contributed by atoms with Gasteiger partial charge in [-0.2, -0.15) is 0 Å². The van der Waals surface area contributed by atoms with Crippen LogP contribution in [0.5, 0.6) is 0 Å². The molecular formula is C19H29BrN2O2. The zero-order valence-corrected chi connectivity index (χ0v) is 16.6. The molecule has 2 rings (SSSR count). The maximum atomic E-state index is 11.7. The smallest absolute Gasteiger partial charge is 0.407 e. The predicted molar refractivity (Wildman–Crippen MR) is 101 cm³/mol. The Morgan fingerprint density at radius 2 is 1.88 bits per heavy atom. The fraction of sp³-hybridized carbons (Fsp3) is 0.632. The highest BCUT2D eigenvalue weighted by molar-refractivity contribution is 9.10. The van der Waals surface area contributed by atoms with Crippen molar-refractivity contribution in [1.82, 2.24) is 10.2 Å². The predicted octanol–water partition coefficient (Wildman–Crippen LogP) is 4.23. The lowest BCUT2D eigenvalue weighted by atomic mass is 9.96. The van der Waals surface area contributed by atoms with Crippen molar-refractivity contribution in [2.45, 2.75) is 45.6 Å². The molecule has 0 aromatic heterocycles. The first-order valence-electron chi connectivity index (χ1n) is 8.75. The van der Waals surface area contributed by atoms with Gasteiger partial charge in [0, 0.05) is 17.6 Å². The molecule has 1 aliphatic rings. The third-order valence-corrected chi connectivity index (χ3v) is 4.80. The summed E-state index contributed by atoms with van der Waals surface area (Å²) in [6.45, 7) is 9.70. The number of carbonyl (C=O) groups is 1. The van der Waals surface area contributed by atoms with Crippen LogP contribution in [-0.2, 0) is 11.2 Å². The summed E-state index contributed by atoms with van der Waals surface area (Å²) in [5.41, 5.74) is 0.951. The summed E-state index contributed by atoms with van der Waals surface area (Å²) in [5, 5.41) is 2.90. The minimum Gasteiger partial charge on any atom is -0.444 e. The van der Waals surface area contributed by atoms with Gasteiger partial charge in [0.25, 0.3) is 0 Å². The maximum absolute atomic E-state index is 11.7. The van der Waals surface area contributed by atoms with E-state index >= 15 is 0 Å². The van der Waals surface area contributed by atoms with Crippen LogP contribution in [0.25, 0.3) is 0 Å². The molecule has 1 N–H and O–H groups in total. The third kappa shape index (κ3) is 7.22. The van der Waals surface area contributed by atoms with Crippen LogP contribution < -0.4 is 5.32 Å². The Bertz CT molecular complexity index is 517. The van der Waals surface area contributed by atoms with E-state index in [1.54, 1.807) is 0 Å². The zero-order valence-electron chi connectivity index (χ0n) is 15.0. The number of likely N-dealkylation sites (tertiary alicyclic amines) is 1. The van der Waals surface area contributed by atoms with Crippen molar-refractivity contribution in [1.29, 1.82) is 0 Å². The largest absolute Gasteiger partial charge is 0.444 e. The van der Waals surface area contributed by atoms with Gasteiger partial charge in [-0.3, -0.25) is 0 Å². The Morgan fingerprint density at radius 1 is 1.25 bits per heavy atom. The zero-order chi connectivity index (χ0) is 17.6. The number of rotatable bonds is 5. The van der Waals surface area contributed by atoms with Gasteiger partial charge in [0.1, 0.15) is 5.60 Å². The molecule has 0 radical (unpaired) electrons. The van der Waals surface area contributed by atoms with Crippen molar-refractivity contribution in [3.63, 3.8) is 0 Å². The number of nitrogens with zero attached hydrogens (tertiary/aromatic N) is 1. The average molecular weight is 397 g/mol. The Morgan fingerprint density at radius 3 is 2.46 bits per heavy atom. The lowest BCUT2D eigenvalue weighted by molar-refractivity contribution is 0.0510. The Hall–Kier alpha value is -1.07. The minimum absolute atomic E-state index is 0.305. The number of benzene rings is 1. The number of piperidine rings is 1. The van der Waals surface area contributed by atoms with Crippen molar-refractivity contribution in [3.05, 3.63) is 34.3 Å². The summed E-state index contributed by atoms with van der Waals surface area (Å²) in [5.74, 6) is 0.557. The lowest BCUT2D eigenvalue weighted by Gasteiger charge is -2.32. The molecule has 0 saturated carbocycles. The van der Waals surface area contributed by atoms with Crippen molar-refractivity contribution in [2.75, 3.05) is 26.2 Å². The van der Waals surface area contributed by atoms with Gasteiger partial charge in [-0.1, -0.05) is 28.1 Å². The normalized spacial score (nSPS) is 16.8. The van der Waals surface area contributed by atoms with E-state index in [1.165, 1.54) is 5.56 Å². The highest BCUT2D eigenvalue weighted by Gasteiger charge is 2.21. The van der Waals surface area contributed by atoms with E-state index in [0.717, 1.165) is 49.9 Å². The molecule has 1 aliphatic heterocycles. The molecular weight excluding hydrogens is 368 g/mol. The SMILES string of the molecule is CC(C)(C)OC(=O)NCC1CCN(CCc2ccc(Br)cc2)CC1. The van der Waals surface area contributed by atoms with Gasteiger partial charge < -0.3 is 15.0 Å². The number of hydrogen-bond donors (Lipinski definition) is 1. The van der Waals surface area contributed by atoms with Crippen LogP contribution in [0.4, 0.5) is 4.79 Å². The fourth-order valence-corrected chi connectivity index (χ4v) is 3.16. The van der Waals surface area contributed by atoms with Crippen LogP contribution in [0, 0.1) is 5.92 Å². The molecule has 4 nitrogen and oxygen atoms in total.